The van der Waals surface area contributed by atoms with Crippen LogP contribution in [0.3, 0.4) is 0 Å². The Morgan fingerprint density at radius 2 is 2.20 bits per heavy atom. The summed E-state index contributed by atoms with van der Waals surface area (Å²) < 4.78 is 11.4. The van der Waals surface area contributed by atoms with Crippen LogP contribution < -0.4 is 10.1 Å². The minimum absolute atomic E-state index is 0.145. The van der Waals surface area contributed by atoms with Crippen molar-refractivity contribution in [1.29, 1.82) is 0 Å². The number of hydrogen-bond donors (Lipinski definition) is 1. The molecule has 1 fully saturated rings. The second kappa shape index (κ2) is 5.71. The molecule has 0 bridgehead atoms. The van der Waals surface area contributed by atoms with Crippen LogP contribution in [0, 0.1) is 0 Å². The highest BCUT2D eigenvalue weighted by Crippen LogP contribution is 2.31. The first kappa shape index (κ1) is 13.3. The van der Waals surface area contributed by atoms with E-state index in [0.29, 0.717) is 6.10 Å². The van der Waals surface area contributed by atoms with Gasteiger partial charge in [0, 0.05) is 12.0 Å². The maximum absolute atomic E-state index is 5.88. The minimum atomic E-state index is 0.145. The highest BCUT2D eigenvalue weighted by molar-refractivity contribution is 5.38. The summed E-state index contributed by atoms with van der Waals surface area (Å²) in [5, 5.41) is 3.38. The van der Waals surface area contributed by atoms with Crippen LogP contribution in [-0.2, 0) is 6.42 Å². The van der Waals surface area contributed by atoms with Crippen molar-refractivity contribution in [3.05, 3.63) is 53.5 Å². The molecule has 3 rings (SSSR count). The summed E-state index contributed by atoms with van der Waals surface area (Å²) in [6.45, 7) is 2.11. The third-order valence-electron chi connectivity index (χ3n) is 3.72. The lowest BCUT2D eigenvalue weighted by Crippen LogP contribution is -2.18. The molecule has 0 saturated heterocycles. The molecule has 1 saturated carbocycles. The highest BCUT2D eigenvalue weighted by Gasteiger charge is 2.24. The van der Waals surface area contributed by atoms with Crippen molar-refractivity contribution in [3.63, 3.8) is 0 Å². The SMILES string of the molecule is CCc1occc1C(NC)c1cccc(OC2CC2)c1. The normalized spacial score (nSPS) is 16.1. The molecule has 1 atom stereocenters. The molecule has 3 nitrogen and oxygen atoms in total. The fraction of sp³-hybridized carbons (Fsp3) is 0.412. The zero-order valence-corrected chi connectivity index (χ0v) is 12.1. The molecule has 20 heavy (non-hydrogen) atoms. The molecule has 0 radical (unpaired) electrons. The Labute approximate surface area is 119 Å². The zero-order chi connectivity index (χ0) is 13.9. The van der Waals surface area contributed by atoms with Gasteiger partial charge in [-0.05, 0) is 43.7 Å². The molecule has 0 spiro atoms. The number of furan rings is 1. The Balaban J connectivity index is 1.88. The van der Waals surface area contributed by atoms with Crippen molar-refractivity contribution in [1.82, 2.24) is 5.32 Å². The predicted molar refractivity (Wildman–Crippen MR) is 79.1 cm³/mol. The average Bonchev–Trinajstić information content (AvgIpc) is 3.16. The van der Waals surface area contributed by atoms with Crippen LogP contribution in [0.5, 0.6) is 5.75 Å². The summed E-state index contributed by atoms with van der Waals surface area (Å²) in [5.41, 5.74) is 2.42. The molecular formula is C17H21NO2. The largest absolute Gasteiger partial charge is 0.490 e. The standard InChI is InChI=1S/C17H21NO2/c1-3-16-15(9-10-19-16)17(18-2)12-5-4-6-14(11-12)20-13-7-8-13/h4-6,9-11,13,17-18H,3,7-8H2,1-2H3. The topological polar surface area (TPSA) is 34.4 Å². The van der Waals surface area contributed by atoms with Crippen LogP contribution in [-0.4, -0.2) is 13.2 Å². The van der Waals surface area contributed by atoms with Crippen LogP contribution in [0.1, 0.15) is 42.7 Å². The van der Waals surface area contributed by atoms with Gasteiger partial charge in [-0.25, -0.2) is 0 Å². The minimum Gasteiger partial charge on any atom is -0.490 e. The molecular weight excluding hydrogens is 250 g/mol. The maximum Gasteiger partial charge on any atom is 0.120 e. The summed E-state index contributed by atoms with van der Waals surface area (Å²) in [6, 6.07) is 10.5. The number of rotatable bonds is 6. The van der Waals surface area contributed by atoms with Gasteiger partial charge in [-0.3, -0.25) is 0 Å². The number of hydrogen-bond acceptors (Lipinski definition) is 3. The number of benzene rings is 1. The quantitative estimate of drug-likeness (QED) is 0.870. The third-order valence-corrected chi connectivity index (χ3v) is 3.72. The number of nitrogens with one attached hydrogen (secondary N) is 1. The van der Waals surface area contributed by atoms with Crippen molar-refractivity contribution < 1.29 is 9.15 Å². The van der Waals surface area contributed by atoms with Crippen LogP contribution in [0.4, 0.5) is 0 Å². The Morgan fingerprint density at radius 3 is 2.90 bits per heavy atom. The molecule has 0 aliphatic heterocycles. The lowest BCUT2D eigenvalue weighted by molar-refractivity contribution is 0.302. The van der Waals surface area contributed by atoms with Crippen LogP contribution in [0.15, 0.2) is 41.0 Å². The van der Waals surface area contributed by atoms with Gasteiger partial charge < -0.3 is 14.5 Å². The van der Waals surface area contributed by atoms with E-state index in [2.05, 4.69) is 36.5 Å². The van der Waals surface area contributed by atoms with Crippen LogP contribution in [0.2, 0.25) is 0 Å². The molecule has 0 amide bonds. The Hall–Kier alpha value is -1.74. The van der Waals surface area contributed by atoms with Gasteiger partial charge in [-0.1, -0.05) is 19.1 Å². The third kappa shape index (κ3) is 2.73. The van der Waals surface area contributed by atoms with E-state index in [9.17, 15) is 0 Å². The summed E-state index contributed by atoms with van der Waals surface area (Å²) in [7, 11) is 1.98. The van der Waals surface area contributed by atoms with Crippen molar-refractivity contribution in [2.75, 3.05) is 7.05 Å². The first-order valence-electron chi connectivity index (χ1n) is 7.32. The second-order valence-electron chi connectivity index (χ2n) is 5.26. The molecule has 1 aromatic carbocycles. The smallest absolute Gasteiger partial charge is 0.120 e. The summed E-state index contributed by atoms with van der Waals surface area (Å²) in [6.07, 6.45) is 5.46. The molecule has 1 aliphatic carbocycles. The number of aryl methyl sites for hydroxylation is 1. The second-order valence-corrected chi connectivity index (χ2v) is 5.26. The first-order valence-corrected chi connectivity index (χ1v) is 7.32. The summed E-state index contributed by atoms with van der Waals surface area (Å²) >= 11 is 0. The zero-order valence-electron chi connectivity index (χ0n) is 12.1. The van der Waals surface area contributed by atoms with Gasteiger partial charge in [-0.15, -0.1) is 0 Å². The average molecular weight is 271 g/mol. The van der Waals surface area contributed by atoms with E-state index >= 15 is 0 Å². The maximum atomic E-state index is 5.88. The van der Waals surface area contributed by atoms with Gasteiger partial charge in [0.1, 0.15) is 11.5 Å². The Kier molecular flexibility index (Phi) is 3.79. The molecule has 106 valence electrons. The fourth-order valence-electron chi connectivity index (χ4n) is 2.54. The van der Waals surface area contributed by atoms with Gasteiger partial charge in [-0.2, -0.15) is 0 Å². The van der Waals surface area contributed by atoms with Crippen molar-refractivity contribution in [2.45, 2.75) is 38.3 Å². The van der Waals surface area contributed by atoms with Gasteiger partial charge >= 0.3 is 0 Å². The van der Waals surface area contributed by atoms with Crippen molar-refractivity contribution in [2.24, 2.45) is 0 Å². The van der Waals surface area contributed by atoms with Gasteiger partial charge in [0.2, 0.25) is 0 Å². The molecule has 1 aromatic heterocycles. The van der Waals surface area contributed by atoms with E-state index in [1.54, 1.807) is 6.26 Å². The van der Waals surface area contributed by atoms with E-state index in [0.717, 1.165) is 17.9 Å². The lowest BCUT2D eigenvalue weighted by Gasteiger charge is -2.17. The molecule has 1 N–H and O–H groups in total. The Morgan fingerprint density at radius 1 is 1.35 bits per heavy atom. The van der Waals surface area contributed by atoms with E-state index in [1.165, 1.54) is 24.0 Å². The first-order chi connectivity index (χ1) is 9.81. The van der Waals surface area contributed by atoms with E-state index in [-0.39, 0.29) is 6.04 Å². The van der Waals surface area contributed by atoms with E-state index in [1.807, 2.05) is 13.1 Å². The summed E-state index contributed by atoms with van der Waals surface area (Å²) in [5.74, 6) is 2.00. The van der Waals surface area contributed by atoms with Crippen LogP contribution in [0.25, 0.3) is 0 Å². The predicted octanol–water partition coefficient (Wildman–Crippen LogP) is 3.69. The molecule has 1 heterocycles. The van der Waals surface area contributed by atoms with Gasteiger partial charge in [0.05, 0.1) is 18.4 Å². The molecule has 3 heteroatoms. The highest BCUT2D eigenvalue weighted by atomic mass is 16.5. The fourth-order valence-corrected chi connectivity index (χ4v) is 2.54. The molecule has 1 aliphatic rings. The van der Waals surface area contributed by atoms with Gasteiger partial charge in [0.15, 0.2) is 0 Å². The molecule has 1 unspecified atom stereocenters. The van der Waals surface area contributed by atoms with E-state index < -0.39 is 0 Å². The van der Waals surface area contributed by atoms with Gasteiger partial charge in [0.25, 0.3) is 0 Å². The summed E-state index contributed by atoms with van der Waals surface area (Å²) in [4.78, 5) is 0. The number of ether oxygens (including phenoxy) is 1. The van der Waals surface area contributed by atoms with Crippen molar-refractivity contribution >= 4 is 0 Å². The molecule has 2 aromatic rings. The van der Waals surface area contributed by atoms with Crippen molar-refractivity contribution in [3.8, 4) is 5.75 Å². The Bertz CT molecular complexity index is 572. The van der Waals surface area contributed by atoms with E-state index in [4.69, 9.17) is 9.15 Å². The van der Waals surface area contributed by atoms with Crippen LogP contribution >= 0.6 is 0 Å². The lowest BCUT2D eigenvalue weighted by atomic mass is 9.98. The monoisotopic (exact) mass is 271 g/mol.